The molecule has 2 atom stereocenters. The molecule has 63 heavy (non-hydrogen) atoms. The van der Waals surface area contributed by atoms with Crippen LogP contribution in [0.1, 0.15) is 290 Å². The van der Waals surface area contributed by atoms with Gasteiger partial charge in [0.25, 0.3) is 0 Å². The summed E-state index contributed by atoms with van der Waals surface area (Å²) in [6, 6.07) is -0.639. The van der Waals surface area contributed by atoms with Gasteiger partial charge in [-0.2, -0.15) is 0 Å². The number of esters is 1. The Hall–Kier alpha value is -1.92. The van der Waals surface area contributed by atoms with Gasteiger partial charge in [-0.05, 0) is 70.6 Å². The second-order valence-corrected chi connectivity index (χ2v) is 18.9. The number of hydrogen-bond acceptors (Lipinski definition) is 5. The predicted molar refractivity (Wildman–Crippen MR) is 273 cm³/mol. The number of aliphatic hydroxyl groups is 2. The molecular formula is C57H107NO5. The van der Waals surface area contributed by atoms with Crippen LogP contribution < -0.4 is 5.32 Å². The van der Waals surface area contributed by atoms with E-state index in [2.05, 4.69) is 43.5 Å². The van der Waals surface area contributed by atoms with E-state index >= 15 is 0 Å². The third-order valence-corrected chi connectivity index (χ3v) is 12.7. The monoisotopic (exact) mass is 886 g/mol. The molecule has 0 spiro atoms. The third kappa shape index (κ3) is 49.4. The fourth-order valence-corrected chi connectivity index (χ4v) is 8.37. The standard InChI is InChI=1S/C57H107NO5/c1-3-5-7-9-11-13-15-17-18-20-24-27-31-35-39-43-47-51-57(62)63-52-48-44-40-36-32-28-25-22-19-21-23-26-30-34-38-42-46-50-56(61)58-54(53-59)55(60)49-45-41-37-33-29-16-14-12-10-8-6-4-2/h19,22,28,32,45,49,54-55,59-60H,3-18,20-21,23-27,29-31,33-44,46-48,50-53H2,1-2H3,(H,58,61)/b22-19-,32-28-,49-45+. The highest BCUT2D eigenvalue weighted by atomic mass is 16.5. The van der Waals surface area contributed by atoms with Gasteiger partial charge in [0.05, 0.1) is 25.4 Å². The maximum Gasteiger partial charge on any atom is 0.305 e. The largest absolute Gasteiger partial charge is 0.466 e. The Kier molecular flexibility index (Phi) is 51.1. The van der Waals surface area contributed by atoms with Crippen LogP contribution in [0, 0.1) is 0 Å². The summed E-state index contributed by atoms with van der Waals surface area (Å²) in [6.07, 6.45) is 64.5. The lowest BCUT2D eigenvalue weighted by molar-refractivity contribution is -0.143. The van der Waals surface area contributed by atoms with Crippen molar-refractivity contribution in [2.24, 2.45) is 0 Å². The highest BCUT2D eigenvalue weighted by Crippen LogP contribution is 2.16. The fraction of sp³-hybridized carbons (Fsp3) is 0.860. The SMILES string of the molecule is CCCCCCCCCCCC/C=C/C(O)C(CO)NC(=O)CCCCCCCCC/C=C\C/C=C\CCCCCOC(=O)CCCCCCCCCCCCCCCCCCC. The zero-order valence-electron chi connectivity index (χ0n) is 42.1. The van der Waals surface area contributed by atoms with Gasteiger partial charge in [-0.15, -0.1) is 0 Å². The quantitative estimate of drug-likeness (QED) is 0.0321. The van der Waals surface area contributed by atoms with Gasteiger partial charge in [0.2, 0.25) is 5.91 Å². The molecule has 0 aliphatic heterocycles. The summed E-state index contributed by atoms with van der Waals surface area (Å²) in [5, 5.41) is 23.0. The molecule has 0 fully saturated rings. The Labute approximate surface area is 392 Å². The number of rotatable bonds is 51. The second-order valence-electron chi connectivity index (χ2n) is 18.9. The van der Waals surface area contributed by atoms with Gasteiger partial charge in [0.15, 0.2) is 0 Å². The van der Waals surface area contributed by atoms with Gasteiger partial charge in [0.1, 0.15) is 0 Å². The molecule has 370 valence electrons. The van der Waals surface area contributed by atoms with E-state index in [9.17, 15) is 19.8 Å². The molecule has 0 rings (SSSR count). The van der Waals surface area contributed by atoms with Crippen molar-refractivity contribution >= 4 is 11.9 Å². The lowest BCUT2D eigenvalue weighted by Gasteiger charge is -2.20. The predicted octanol–water partition coefficient (Wildman–Crippen LogP) is 16.9. The van der Waals surface area contributed by atoms with Crippen molar-refractivity contribution in [3.05, 3.63) is 36.5 Å². The number of nitrogens with one attached hydrogen (secondary N) is 1. The van der Waals surface area contributed by atoms with E-state index < -0.39 is 12.1 Å². The van der Waals surface area contributed by atoms with Gasteiger partial charge in [-0.1, -0.05) is 243 Å². The molecule has 2 unspecified atom stereocenters. The maximum absolute atomic E-state index is 12.4. The van der Waals surface area contributed by atoms with Crippen molar-refractivity contribution in [1.82, 2.24) is 5.32 Å². The molecule has 6 nitrogen and oxygen atoms in total. The Morgan fingerprint density at radius 2 is 0.794 bits per heavy atom. The summed E-state index contributed by atoms with van der Waals surface area (Å²) < 4.78 is 5.46. The molecule has 0 saturated carbocycles. The van der Waals surface area contributed by atoms with Gasteiger partial charge in [-0.3, -0.25) is 9.59 Å². The first-order valence-electron chi connectivity index (χ1n) is 27.8. The van der Waals surface area contributed by atoms with Crippen LogP contribution in [0.2, 0.25) is 0 Å². The van der Waals surface area contributed by atoms with Crippen LogP contribution in [0.4, 0.5) is 0 Å². The van der Waals surface area contributed by atoms with Crippen molar-refractivity contribution in [1.29, 1.82) is 0 Å². The van der Waals surface area contributed by atoms with Gasteiger partial charge in [0, 0.05) is 12.8 Å². The zero-order chi connectivity index (χ0) is 45.8. The van der Waals surface area contributed by atoms with Gasteiger partial charge in [-0.25, -0.2) is 0 Å². The molecule has 1 amide bonds. The number of carbonyl (C=O) groups is 2. The molecule has 0 heterocycles. The Balaban J connectivity index is 3.49. The normalized spacial score (nSPS) is 12.9. The van der Waals surface area contributed by atoms with Crippen LogP contribution >= 0.6 is 0 Å². The molecule has 0 bridgehead atoms. The topological polar surface area (TPSA) is 95.9 Å². The number of unbranched alkanes of at least 4 members (excludes halogenated alkanes) is 36. The van der Waals surface area contributed by atoms with Gasteiger partial charge >= 0.3 is 5.97 Å². The van der Waals surface area contributed by atoms with Crippen molar-refractivity contribution < 1.29 is 24.5 Å². The number of hydrogen-bond donors (Lipinski definition) is 3. The van der Waals surface area contributed by atoms with E-state index in [1.807, 2.05) is 6.08 Å². The van der Waals surface area contributed by atoms with E-state index in [0.29, 0.717) is 19.4 Å². The lowest BCUT2D eigenvalue weighted by Crippen LogP contribution is -2.45. The summed E-state index contributed by atoms with van der Waals surface area (Å²) in [4.78, 5) is 24.5. The van der Waals surface area contributed by atoms with Crippen molar-refractivity contribution in [3.63, 3.8) is 0 Å². The van der Waals surface area contributed by atoms with E-state index in [0.717, 1.165) is 83.5 Å². The highest BCUT2D eigenvalue weighted by molar-refractivity contribution is 5.76. The first kappa shape index (κ1) is 61.1. The van der Waals surface area contributed by atoms with E-state index in [1.165, 1.54) is 180 Å². The van der Waals surface area contributed by atoms with Crippen molar-refractivity contribution in [2.75, 3.05) is 13.2 Å². The van der Waals surface area contributed by atoms with Crippen LogP contribution in [0.5, 0.6) is 0 Å². The summed E-state index contributed by atoms with van der Waals surface area (Å²) >= 11 is 0. The maximum atomic E-state index is 12.4. The Morgan fingerprint density at radius 3 is 1.21 bits per heavy atom. The molecule has 0 radical (unpaired) electrons. The molecule has 0 saturated heterocycles. The minimum atomic E-state index is -0.854. The summed E-state index contributed by atoms with van der Waals surface area (Å²) in [5.74, 6) is -0.0980. The van der Waals surface area contributed by atoms with Crippen LogP contribution in [-0.2, 0) is 14.3 Å². The number of amides is 1. The Morgan fingerprint density at radius 1 is 0.444 bits per heavy atom. The first-order valence-corrected chi connectivity index (χ1v) is 27.8. The molecule has 6 heteroatoms. The Bertz CT molecular complexity index is 1020. The molecular weight excluding hydrogens is 779 g/mol. The second kappa shape index (κ2) is 52.7. The van der Waals surface area contributed by atoms with Crippen molar-refractivity contribution in [2.45, 2.75) is 302 Å². The summed E-state index contributed by atoms with van der Waals surface area (Å²) in [5.41, 5.74) is 0. The summed E-state index contributed by atoms with van der Waals surface area (Å²) in [7, 11) is 0. The summed E-state index contributed by atoms with van der Waals surface area (Å²) in [6.45, 7) is 4.85. The first-order chi connectivity index (χ1) is 31.0. The van der Waals surface area contributed by atoms with Crippen molar-refractivity contribution in [3.8, 4) is 0 Å². The molecule has 0 aliphatic rings. The smallest absolute Gasteiger partial charge is 0.305 e. The van der Waals surface area contributed by atoms with Crippen LogP contribution in [0.3, 0.4) is 0 Å². The van der Waals surface area contributed by atoms with E-state index in [-0.39, 0.29) is 18.5 Å². The number of aliphatic hydroxyl groups excluding tert-OH is 2. The van der Waals surface area contributed by atoms with Crippen LogP contribution in [-0.4, -0.2) is 47.4 Å². The average Bonchev–Trinajstić information content (AvgIpc) is 3.28. The average molecular weight is 886 g/mol. The molecule has 0 aliphatic carbocycles. The van der Waals surface area contributed by atoms with Gasteiger partial charge < -0.3 is 20.3 Å². The van der Waals surface area contributed by atoms with E-state index in [1.54, 1.807) is 6.08 Å². The minimum absolute atomic E-state index is 0.0129. The number of ether oxygens (including phenoxy) is 1. The van der Waals surface area contributed by atoms with Crippen LogP contribution in [0.25, 0.3) is 0 Å². The number of carbonyl (C=O) groups excluding carboxylic acids is 2. The molecule has 0 aromatic carbocycles. The fourth-order valence-electron chi connectivity index (χ4n) is 8.37. The highest BCUT2D eigenvalue weighted by Gasteiger charge is 2.18. The lowest BCUT2D eigenvalue weighted by atomic mass is 10.0. The minimum Gasteiger partial charge on any atom is -0.466 e. The molecule has 0 aromatic heterocycles. The molecule has 0 aromatic rings. The van der Waals surface area contributed by atoms with E-state index in [4.69, 9.17) is 4.74 Å². The third-order valence-electron chi connectivity index (χ3n) is 12.7. The number of allylic oxidation sites excluding steroid dienone is 5. The zero-order valence-corrected chi connectivity index (χ0v) is 42.1. The van der Waals surface area contributed by atoms with Crippen LogP contribution in [0.15, 0.2) is 36.5 Å². The molecule has 3 N–H and O–H groups in total.